The molecule has 1 aromatic heterocycles. The zero-order chi connectivity index (χ0) is 29.0. The van der Waals surface area contributed by atoms with Gasteiger partial charge in [0.25, 0.3) is 0 Å². The second-order valence-electron chi connectivity index (χ2n) is 10.2. The number of methoxy groups -OCH3 is 1. The van der Waals surface area contributed by atoms with Crippen LogP contribution in [0, 0.1) is 0 Å². The summed E-state index contributed by atoms with van der Waals surface area (Å²) < 4.78 is 19.7. The van der Waals surface area contributed by atoms with Crippen molar-refractivity contribution in [3.05, 3.63) is 94.1 Å². The number of piperidine rings is 1. The molecule has 5 rings (SSSR count). The maximum absolute atomic E-state index is 13.5. The van der Waals surface area contributed by atoms with Crippen molar-refractivity contribution in [2.75, 3.05) is 33.4 Å². The van der Waals surface area contributed by atoms with Crippen molar-refractivity contribution < 1.29 is 23.8 Å². The SMILES string of the molecule is CCOC(=O)c1c(CN2CCC(C(=O)OCC)(c3ccccc3)CC2)n(-c2ccccc2)c2cc(Br)c(OC)cc12. The molecule has 41 heavy (non-hydrogen) atoms. The van der Waals surface area contributed by atoms with Crippen LogP contribution in [0.15, 0.2) is 77.3 Å². The number of nitrogens with zero attached hydrogens (tertiary/aromatic N) is 2. The van der Waals surface area contributed by atoms with Gasteiger partial charge in [0.1, 0.15) is 5.75 Å². The van der Waals surface area contributed by atoms with Crippen LogP contribution in [-0.4, -0.2) is 54.8 Å². The summed E-state index contributed by atoms with van der Waals surface area (Å²) in [5, 5.41) is 0.768. The first-order chi connectivity index (χ1) is 19.9. The highest BCUT2D eigenvalue weighted by Crippen LogP contribution is 2.40. The van der Waals surface area contributed by atoms with Gasteiger partial charge >= 0.3 is 11.9 Å². The van der Waals surface area contributed by atoms with E-state index in [1.54, 1.807) is 7.11 Å². The van der Waals surface area contributed by atoms with Gasteiger partial charge in [0, 0.05) is 17.6 Å². The van der Waals surface area contributed by atoms with Crippen molar-refractivity contribution in [1.29, 1.82) is 0 Å². The third kappa shape index (κ3) is 5.51. The Kier molecular flexibility index (Phi) is 8.80. The fourth-order valence-corrected chi connectivity index (χ4v) is 6.38. The zero-order valence-corrected chi connectivity index (χ0v) is 25.3. The first-order valence-electron chi connectivity index (χ1n) is 14.0. The molecule has 0 saturated carbocycles. The molecule has 1 aliphatic heterocycles. The van der Waals surface area contributed by atoms with Gasteiger partial charge in [-0.15, -0.1) is 0 Å². The Hall–Kier alpha value is -3.62. The van der Waals surface area contributed by atoms with Gasteiger partial charge in [-0.05, 0) is 85.5 Å². The maximum atomic E-state index is 13.5. The molecule has 1 saturated heterocycles. The van der Waals surface area contributed by atoms with Crippen LogP contribution in [0.3, 0.4) is 0 Å². The lowest BCUT2D eigenvalue weighted by Crippen LogP contribution is -2.48. The number of carbonyl (C=O) groups excluding carboxylic acids is 2. The topological polar surface area (TPSA) is 70.0 Å². The van der Waals surface area contributed by atoms with Crippen LogP contribution < -0.4 is 4.74 Å². The summed E-state index contributed by atoms with van der Waals surface area (Å²) in [6.45, 7) is 6.11. The maximum Gasteiger partial charge on any atom is 0.340 e. The van der Waals surface area contributed by atoms with Gasteiger partial charge < -0.3 is 18.8 Å². The van der Waals surface area contributed by atoms with E-state index in [9.17, 15) is 9.59 Å². The molecule has 8 heteroatoms. The predicted molar refractivity (Wildman–Crippen MR) is 163 cm³/mol. The van der Waals surface area contributed by atoms with Gasteiger partial charge in [0.15, 0.2) is 0 Å². The fourth-order valence-electron chi connectivity index (χ4n) is 5.89. The van der Waals surface area contributed by atoms with Gasteiger partial charge in [-0.3, -0.25) is 9.69 Å². The van der Waals surface area contributed by atoms with Gasteiger partial charge in [-0.25, -0.2) is 4.79 Å². The Balaban J connectivity index is 1.58. The van der Waals surface area contributed by atoms with Crippen LogP contribution in [0.4, 0.5) is 0 Å². The molecule has 0 atom stereocenters. The van der Waals surface area contributed by atoms with Crippen molar-refractivity contribution in [3.8, 4) is 11.4 Å². The van der Waals surface area contributed by atoms with Crippen molar-refractivity contribution in [1.82, 2.24) is 9.47 Å². The average molecular weight is 620 g/mol. The Bertz CT molecular complexity index is 1530. The van der Waals surface area contributed by atoms with E-state index < -0.39 is 5.41 Å². The number of rotatable bonds is 9. The monoisotopic (exact) mass is 618 g/mol. The number of ether oxygens (including phenoxy) is 3. The first kappa shape index (κ1) is 28.9. The van der Waals surface area contributed by atoms with Gasteiger partial charge in [0.2, 0.25) is 0 Å². The molecule has 0 unspecified atom stereocenters. The Morgan fingerprint density at radius 1 is 0.902 bits per heavy atom. The van der Waals surface area contributed by atoms with Crippen molar-refractivity contribution in [2.45, 2.75) is 38.6 Å². The Morgan fingerprint density at radius 3 is 2.15 bits per heavy atom. The molecule has 0 N–H and O–H groups in total. The van der Waals surface area contributed by atoms with E-state index in [1.807, 2.05) is 86.6 Å². The van der Waals surface area contributed by atoms with Crippen LogP contribution in [0.25, 0.3) is 16.6 Å². The van der Waals surface area contributed by atoms with E-state index in [0.717, 1.165) is 32.3 Å². The number of likely N-dealkylation sites (tertiary alicyclic amines) is 1. The lowest BCUT2D eigenvalue weighted by Gasteiger charge is -2.40. The largest absolute Gasteiger partial charge is 0.496 e. The molecule has 7 nitrogen and oxygen atoms in total. The smallest absolute Gasteiger partial charge is 0.340 e. The third-order valence-corrected chi connectivity index (χ3v) is 8.53. The number of aromatic nitrogens is 1. The highest BCUT2D eigenvalue weighted by molar-refractivity contribution is 9.10. The van der Waals surface area contributed by atoms with Crippen molar-refractivity contribution in [2.24, 2.45) is 0 Å². The molecule has 0 amide bonds. The molecular weight excluding hydrogens is 584 g/mol. The second kappa shape index (κ2) is 12.5. The standard InChI is InChI=1S/C33H35BrN2O5/c1-4-40-31(37)30-25-20-29(39-3)26(34)21-27(25)36(24-14-10-7-11-15-24)28(30)22-35-18-16-33(17-19-35,32(38)41-5-2)23-12-8-6-9-13-23/h6-15,20-21H,4-5,16-19,22H2,1-3H3. The zero-order valence-electron chi connectivity index (χ0n) is 23.7. The van der Waals surface area contributed by atoms with E-state index in [2.05, 4.69) is 25.4 Å². The Labute approximate surface area is 249 Å². The number of halogens is 1. The van der Waals surface area contributed by atoms with Gasteiger partial charge in [-0.1, -0.05) is 48.5 Å². The molecular formula is C33H35BrN2O5. The highest BCUT2D eigenvalue weighted by atomic mass is 79.9. The summed E-state index contributed by atoms with van der Waals surface area (Å²) in [5.41, 5.74) is 3.49. The van der Waals surface area contributed by atoms with E-state index in [0.29, 0.717) is 50.4 Å². The number of benzene rings is 3. The minimum Gasteiger partial charge on any atom is -0.496 e. The minimum atomic E-state index is -0.692. The minimum absolute atomic E-state index is 0.173. The molecule has 3 aromatic carbocycles. The summed E-state index contributed by atoms with van der Waals surface area (Å²) in [7, 11) is 1.61. The Morgan fingerprint density at radius 2 is 1.54 bits per heavy atom. The number of hydrogen-bond acceptors (Lipinski definition) is 6. The second-order valence-corrected chi connectivity index (χ2v) is 11.0. The lowest BCUT2D eigenvalue weighted by atomic mass is 9.72. The lowest BCUT2D eigenvalue weighted by molar-refractivity contribution is -0.152. The average Bonchev–Trinajstić information content (AvgIpc) is 3.30. The number of hydrogen-bond donors (Lipinski definition) is 0. The fraction of sp³-hybridized carbons (Fsp3) is 0.333. The van der Waals surface area contributed by atoms with Gasteiger partial charge in [0.05, 0.1) is 47.0 Å². The predicted octanol–water partition coefficient (Wildman–Crippen LogP) is 6.68. The van der Waals surface area contributed by atoms with E-state index >= 15 is 0 Å². The summed E-state index contributed by atoms with van der Waals surface area (Å²) in [6.07, 6.45) is 1.24. The number of para-hydroxylation sites is 1. The van der Waals surface area contributed by atoms with Crippen LogP contribution >= 0.6 is 15.9 Å². The number of carbonyl (C=O) groups is 2. The van der Waals surface area contributed by atoms with Crippen LogP contribution in [0.5, 0.6) is 5.75 Å². The summed E-state index contributed by atoms with van der Waals surface area (Å²) in [5.74, 6) is 0.0991. The molecule has 1 fully saturated rings. The first-order valence-corrected chi connectivity index (χ1v) is 14.8. The van der Waals surface area contributed by atoms with E-state index in [1.165, 1.54) is 0 Å². The molecule has 1 aliphatic rings. The van der Waals surface area contributed by atoms with Crippen LogP contribution in [-0.2, 0) is 26.2 Å². The summed E-state index contributed by atoms with van der Waals surface area (Å²) in [4.78, 5) is 29.2. The highest BCUT2D eigenvalue weighted by Gasteiger charge is 2.44. The molecule has 4 aromatic rings. The van der Waals surface area contributed by atoms with Crippen LogP contribution in [0.2, 0.25) is 0 Å². The van der Waals surface area contributed by atoms with E-state index in [-0.39, 0.29) is 18.5 Å². The van der Waals surface area contributed by atoms with Crippen LogP contribution in [0.1, 0.15) is 48.3 Å². The summed E-state index contributed by atoms with van der Waals surface area (Å²) >= 11 is 3.64. The molecule has 0 aliphatic carbocycles. The van der Waals surface area contributed by atoms with Crippen molar-refractivity contribution >= 4 is 38.8 Å². The molecule has 214 valence electrons. The molecule has 0 bridgehead atoms. The normalized spacial score (nSPS) is 15.0. The van der Waals surface area contributed by atoms with Gasteiger partial charge in [-0.2, -0.15) is 0 Å². The molecule has 0 spiro atoms. The number of fused-ring (bicyclic) bond motifs is 1. The van der Waals surface area contributed by atoms with Crippen molar-refractivity contribution in [3.63, 3.8) is 0 Å². The molecule has 2 heterocycles. The summed E-state index contributed by atoms with van der Waals surface area (Å²) in [6, 6.07) is 23.8. The molecule has 0 radical (unpaired) electrons. The quantitative estimate of drug-likeness (QED) is 0.195. The third-order valence-electron chi connectivity index (χ3n) is 7.91. The van der Waals surface area contributed by atoms with E-state index in [4.69, 9.17) is 14.2 Å². The number of esters is 2.